The van der Waals surface area contributed by atoms with Crippen LogP contribution in [0, 0.1) is 11.6 Å². The predicted molar refractivity (Wildman–Crippen MR) is 57.5 cm³/mol. The van der Waals surface area contributed by atoms with Crippen LogP contribution >= 0.6 is 0 Å². The molecular weight excluding hydrogens is 212 g/mol. The summed E-state index contributed by atoms with van der Waals surface area (Å²) in [7, 11) is 2.02. The Morgan fingerprint density at radius 3 is 2.94 bits per heavy atom. The van der Waals surface area contributed by atoms with E-state index >= 15 is 0 Å². The van der Waals surface area contributed by atoms with Crippen molar-refractivity contribution in [1.82, 2.24) is 4.90 Å². The first-order valence-corrected chi connectivity index (χ1v) is 5.45. The van der Waals surface area contributed by atoms with Crippen LogP contribution in [0.2, 0.25) is 0 Å². The summed E-state index contributed by atoms with van der Waals surface area (Å²) in [5, 5.41) is 0. The van der Waals surface area contributed by atoms with Gasteiger partial charge in [0.1, 0.15) is 6.61 Å². The van der Waals surface area contributed by atoms with Gasteiger partial charge in [0.2, 0.25) is 5.82 Å². The lowest BCUT2D eigenvalue weighted by atomic mass is 10.2. The summed E-state index contributed by atoms with van der Waals surface area (Å²) in [6.45, 7) is 1.45. The van der Waals surface area contributed by atoms with E-state index < -0.39 is 11.6 Å². The zero-order valence-corrected chi connectivity index (χ0v) is 9.25. The zero-order chi connectivity index (χ0) is 11.5. The Kier molecular flexibility index (Phi) is 3.39. The SMILES string of the molecule is CN1CCCC1COc1cccc(F)c1F. The van der Waals surface area contributed by atoms with Crippen molar-refractivity contribution in [3.05, 3.63) is 29.8 Å². The number of halogens is 2. The van der Waals surface area contributed by atoms with Crippen molar-refractivity contribution in [2.45, 2.75) is 18.9 Å². The van der Waals surface area contributed by atoms with E-state index in [0.717, 1.165) is 25.5 Å². The van der Waals surface area contributed by atoms with Gasteiger partial charge in [-0.05, 0) is 38.6 Å². The van der Waals surface area contributed by atoms with Crippen LogP contribution in [0.15, 0.2) is 18.2 Å². The number of rotatable bonds is 3. The zero-order valence-electron chi connectivity index (χ0n) is 9.25. The molecule has 0 saturated carbocycles. The van der Waals surface area contributed by atoms with Gasteiger partial charge in [-0.25, -0.2) is 4.39 Å². The second kappa shape index (κ2) is 4.78. The molecule has 0 N–H and O–H groups in total. The maximum Gasteiger partial charge on any atom is 0.200 e. The fourth-order valence-electron chi connectivity index (χ4n) is 1.97. The normalized spacial score (nSPS) is 21.3. The van der Waals surface area contributed by atoms with Gasteiger partial charge < -0.3 is 9.64 Å². The Bertz CT molecular complexity index is 370. The highest BCUT2D eigenvalue weighted by Crippen LogP contribution is 2.21. The standard InChI is InChI=1S/C12H15F2NO/c1-15-7-3-4-9(15)8-16-11-6-2-5-10(13)12(11)14/h2,5-6,9H,3-4,7-8H2,1H3. The molecule has 2 rings (SSSR count). The highest BCUT2D eigenvalue weighted by atomic mass is 19.2. The summed E-state index contributed by atoms with van der Waals surface area (Å²) in [4.78, 5) is 2.18. The summed E-state index contributed by atoms with van der Waals surface area (Å²) in [6.07, 6.45) is 2.18. The molecule has 1 atom stereocenters. The van der Waals surface area contributed by atoms with Gasteiger partial charge in [0.25, 0.3) is 0 Å². The van der Waals surface area contributed by atoms with Gasteiger partial charge in [-0.3, -0.25) is 0 Å². The molecule has 1 unspecified atom stereocenters. The smallest absolute Gasteiger partial charge is 0.200 e. The fraction of sp³-hybridized carbons (Fsp3) is 0.500. The minimum atomic E-state index is -0.900. The van der Waals surface area contributed by atoms with E-state index in [1.807, 2.05) is 7.05 Å². The van der Waals surface area contributed by atoms with E-state index in [0.29, 0.717) is 12.6 Å². The van der Waals surface area contributed by atoms with E-state index in [9.17, 15) is 8.78 Å². The Balaban J connectivity index is 1.96. The third-order valence-electron chi connectivity index (χ3n) is 3.02. The first kappa shape index (κ1) is 11.3. The van der Waals surface area contributed by atoms with Crippen molar-refractivity contribution in [2.24, 2.45) is 0 Å². The van der Waals surface area contributed by atoms with Crippen LogP contribution in [0.5, 0.6) is 5.75 Å². The highest BCUT2D eigenvalue weighted by Gasteiger charge is 2.22. The third kappa shape index (κ3) is 2.32. The first-order chi connectivity index (χ1) is 7.68. The maximum atomic E-state index is 13.3. The molecular formula is C12H15F2NO. The lowest BCUT2D eigenvalue weighted by Gasteiger charge is -2.19. The average Bonchev–Trinajstić information content (AvgIpc) is 2.67. The van der Waals surface area contributed by atoms with E-state index in [4.69, 9.17) is 4.74 Å². The lowest BCUT2D eigenvalue weighted by molar-refractivity contribution is 0.191. The predicted octanol–water partition coefficient (Wildman–Crippen LogP) is 2.44. The topological polar surface area (TPSA) is 12.5 Å². The molecule has 0 spiro atoms. The molecule has 0 aromatic heterocycles. The molecule has 1 saturated heterocycles. The molecule has 1 aromatic carbocycles. The Morgan fingerprint density at radius 2 is 2.25 bits per heavy atom. The number of ether oxygens (including phenoxy) is 1. The Hall–Kier alpha value is -1.16. The minimum Gasteiger partial charge on any atom is -0.489 e. The third-order valence-corrected chi connectivity index (χ3v) is 3.02. The van der Waals surface area contributed by atoms with Crippen LogP contribution < -0.4 is 4.74 Å². The lowest BCUT2D eigenvalue weighted by Crippen LogP contribution is -2.30. The molecule has 1 aliphatic heterocycles. The maximum absolute atomic E-state index is 13.3. The van der Waals surface area contributed by atoms with Gasteiger partial charge in [-0.15, -0.1) is 0 Å². The largest absolute Gasteiger partial charge is 0.489 e. The average molecular weight is 227 g/mol. The molecule has 4 heteroatoms. The minimum absolute atomic E-state index is 0.000278. The summed E-state index contributed by atoms with van der Waals surface area (Å²) in [5.41, 5.74) is 0. The Labute approximate surface area is 93.8 Å². The van der Waals surface area contributed by atoms with Crippen molar-refractivity contribution in [3.8, 4) is 5.75 Å². The van der Waals surface area contributed by atoms with Gasteiger partial charge in [0, 0.05) is 6.04 Å². The number of nitrogens with zero attached hydrogens (tertiary/aromatic N) is 1. The van der Waals surface area contributed by atoms with Crippen LogP contribution in [0.1, 0.15) is 12.8 Å². The molecule has 16 heavy (non-hydrogen) atoms. The van der Waals surface area contributed by atoms with Gasteiger partial charge in [-0.1, -0.05) is 6.07 Å². The second-order valence-corrected chi connectivity index (χ2v) is 4.14. The van der Waals surface area contributed by atoms with Crippen LogP contribution in [-0.4, -0.2) is 31.1 Å². The summed E-state index contributed by atoms with van der Waals surface area (Å²) < 4.78 is 31.5. The molecule has 1 aromatic rings. The number of likely N-dealkylation sites (tertiary alicyclic amines) is 1. The number of benzene rings is 1. The van der Waals surface area contributed by atoms with E-state index in [1.165, 1.54) is 12.1 Å². The van der Waals surface area contributed by atoms with Crippen molar-refractivity contribution < 1.29 is 13.5 Å². The molecule has 0 amide bonds. The van der Waals surface area contributed by atoms with Gasteiger partial charge in [0.05, 0.1) is 0 Å². The molecule has 1 heterocycles. The monoisotopic (exact) mass is 227 g/mol. The quantitative estimate of drug-likeness (QED) is 0.786. The first-order valence-electron chi connectivity index (χ1n) is 5.45. The van der Waals surface area contributed by atoms with Crippen molar-refractivity contribution >= 4 is 0 Å². The summed E-state index contributed by atoms with van der Waals surface area (Å²) in [6, 6.07) is 4.30. The number of hydrogen-bond acceptors (Lipinski definition) is 2. The van der Waals surface area contributed by atoms with Crippen molar-refractivity contribution in [3.63, 3.8) is 0 Å². The molecule has 1 aliphatic rings. The van der Waals surface area contributed by atoms with Crippen LogP contribution in [0.25, 0.3) is 0 Å². The molecule has 0 aliphatic carbocycles. The molecule has 0 bridgehead atoms. The van der Waals surface area contributed by atoms with Crippen LogP contribution in [-0.2, 0) is 0 Å². The molecule has 2 nitrogen and oxygen atoms in total. The molecule has 0 radical (unpaired) electrons. The van der Waals surface area contributed by atoms with Crippen molar-refractivity contribution in [2.75, 3.05) is 20.2 Å². The van der Waals surface area contributed by atoms with E-state index in [1.54, 1.807) is 0 Å². The molecule has 88 valence electrons. The van der Waals surface area contributed by atoms with Crippen LogP contribution in [0.3, 0.4) is 0 Å². The fourth-order valence-corrected chi connectivity index (χ4v) is 1.97. The summed E-state index contributed by atoms with van der Waals surface area (Å²) >= 11 is 0. The number of likely N-dealkylation sites (N-methyl/N-ethyl adjacent to an activating group) is 1. The van der Waals surface area contributed by atoms with Crippen LogP contribution in [0.4, 0.5) is 8.78 Å². The van der Waals surface area contributed by atoms with Gasteiger partial charge in [0.15, 0.2) is 11.6 Å². The van der Waals surface area contributed by atoms with Gasteiger partial charge in [-0.2, -0.15) is 4.39 Å². The summed E-state index contributed by atoms with van der Waals surface area (Å²) in [5.74, 6) is -1.76. The highest BCUT2D eigenvalue weighted by molar-refractivity contribution is 5.25. The van der Waals surface area contributed by atoms with Gasteiger partial charge >= 0.3 is 0 Å². The van der Waals surface area contributed by atoms with Crippen molar-refractivity contribution in [1.29, 1.82) is 0 Å². The Morgan fingerprint density at radius 1 is 1.44 bits per heavy atom. The van der Waals surface area contributed by atoms with E-state index in [-0.39, 0.29) is 5.75 Å². The van der Waals surface area contributed by atoms with E-state index in [2.05, 4.69) is 4.90 Å². The number of hydrogen-bond donors (Lipinski definition) is 0. The second-order valence-electron chi connectivity index (χ2n) is 4.14. The molecule has 1 fully saturated rings.